The third kappa shape index (κ3) is 3.02. The minimum absolute atomic E-state index is 0.343. The van der Waals surface area contributed by atoms with E-state index in [0.717, 1.165) is 5.39 Å². The Hall–Kier alpha value is -2.90. The monoisotopic (exact) mass is 385 g/mol. The molecule has 2 aromatic heterocycles. The smallest absolute Gasteiger partial charge is 0.346 e. The van der Waals surface area contributed by atoms with Gasteiger partial charge in [-0.05, 0) is 24.3 Å². The summed E-state index contributed by atoms with van der Waals surface area (Å²) >= 11 is 7.37. The minimum atomic E-state index is -0.498. The van der Waals surface area contributed by atoms with E-state index in [4.69, 9.17) is 20.8 Å². The van der Waals surface area contributed by atoms with Crippen LogP contribution >= 0.6 is 22.9 Å². The van der Waals surface area contributed by atoms with Crippen LogP contribution in [0.25, 0.3) is 21.5 Å². The predicted molar refractivity (Wildman–Crippen MR) is 103 cm³/mol. The largest absolute Gasteiger partial charge is 0.493 e. The lowest BCUT2D eigenvalue weighted by Gasteiger charge is -2.04. The topological polar surface area (TPSA) is 77.3 Å². The highest BCUT2D eigenvalue weighted by Gasteiger charge is 2.15. The first-order chi connectivity index (χ1) is 12.7. The lowest BCUT2D eigenvalue weighted by atomic mass is 10.2. The molecule has 0 atom stereocenters. The van der Waals surface area contributed by atoms with E-state index in [1.54, 1.807) is 18.2 Å². The number of nitrogens with one attached hydrogen (secondary N) is 1. The zero-order valence-corrected chi connectivity index (χ0v) is 15.1. The first-order valence-corrected chi connectivity index (χ1v) is 8.81. The van der Waals surface area contributed by atoms with Crippen molar-refractivity contribution in [1.82, 2.24) is 10.2 Å². The maximum Gasteiger partial charge on any atom is 0.346 e. The number of hydrogen-bond donors (Lipinski definition) is 1. The molecule has 1 N–H and O–H groups in total. The van der Waals surface area contributed by atoms with Gasteiger partial charge >= 0.3 is 5.63 Å². The number of fused-ring (bicyclic) bond motifs is 1. The Kier molecular flexibility index (Phi) is 4.32. The molecule has 0 spiro atoms. The van der Waals surface area contributed by atoms with Gasteiger partial charge in [-0.1, -0.05) is 47.2 Å². The molecular formula is C18H12ClN3O3S. The lowest BCUT2D eigenvalue weighted by Crippen LogP contribution is -2.03. The van der Waals surface area contributed by atoms with Crippen LogP contribution in [0.5, 0.6) is 5.75 Å². The fourth-order valence-corrected chi connectivity index (χ4v) is 3.43. The zero-order valence-electron chi connectivity index (χ0n) is 13.5. The van der Waals surface area contributed by atoms with Crippen molar-refractivity contribution in [3.63, 3.8) is 0 Å². The maximum absolute atomic E-state index is 12.4. The first kappa shape index (κ1) is 16.6. The Morgan fingerprint density at radius 3 is 2.81 bits per heavy atom. The first-order valence-electron chi connectivity index (χ1n) is 7.62. The summed E-state index contributed by atoms with van der Waals surface area (Å²) in [5, 5.41) is 13.6. The fourth-order valence-electron chi connectivity index (χ4n) is 2.49. The Morgan fingerprint density at radius 2 is 2.00 bits per heavy atom. The molecule has 2 heterocycles. The summed E-state index contributed by atoms with van der Waals surface area (Å²) in [4.78, 5) is 12.4. The van der Waals surface area contributed by atoms with Gasteiger partial charge in [0.2, 0.25) is 5.13 Å². The number of methoxy groups -OCH3 is 1. The Bertz CT molecular complexity index is 1160. The molecule has 4 rings (SSSR count). The predicted octanol–water partition coefficient (Wildman–Crippen LogP) is 4.72. The molecule has 6 nitrogen and oxygen atoms in total. The van der Waals surface area contributed by atoms with Crippen LogP contribution in [0.15, 0.2) is 57.7 Å². The van der Waals surface area contributed by atoms with Crippen molar-refractivity contribution in [1.29, 1.82) is 0 Å². The van der Waals surface area contributed by atoms with Crippen LogP contribution < -0.4 is 15.7 Å². The number of aromatic nitrogens is 2. The Balaban J connectivity index is 1.73. The van der Waals surface area contributed by atoms with E-state index in [-0.39, 0.29) is 0 Å². The average Bonchev–Trinajstić information content (AvgIpc) is 3.11. The van der Waals surface area contributed by atoms with Crippen molar-refractivity contribution in [3.05, 3.63) is 64.0 Å². The molecule has 4 aromatic rings. The molecule has 26 heavy (non-hydrogen) atoms. The molecule has 0 radical (unpaired) electrons. The zero-order chi connectivity index (χ0) is 18.1. The van der Waals surface area contributed by atoms with Gasteiger partial charge in [0.25, 0.3) is 0 Å². The van der Waals surface area contributed by atoms with E-state index in [0.29, 0.717) is 37.7 Å². The van der Waals surface area contributed by atoms with Crippen LogP contribution in [0.4, 0.5) is 10.8 Å². The van der Waals surface area contributed by atoms with Crippen molar-refractivity contribution in [2.75, 3.05) is 12.4 Å². The van der Waals surface area contributed by atoms with Crippen molar-refractivity contribution < 1.29 is 9.15 Å². The average molecular weight is 386 g/mol. The van der Waals surface area contributed by atoms with Crippen LogP contribution in [0.1, 0.15) is 0 Å². The summed E-state index contributed by atoms with van der Waals surface area (Å²) in [6.45, 7) is 0. The van der Waals surface area contributed by atoms with Crippen LogP contribution in [0, 0.1) is 0 Å². The molecule has 0 amide bonds. The standard InChI is InChI=1S/C18H12ClN3O3S/c1-24-14-8-4-5-10-9-11(17(23)25-15(10)14)16-21-22-18(26-16)20-13-7-3-2-6-12(13)19/h2-9H,1H3,(H,20,22). The summed E-state index contributed by atoms with van der Waals surface area (Å²) in [7, 11) is 1.53. The van der Waals surface area contributed by atoms with Crippen molar-refractivity contribution in [2.24, 2.45) is 0 Å². The highest BCUT2D eigenvalue weighted by molar-refractivity contribution is 7.18. The van der Waals surface area contributed by atoms with E-state index in [1.807, 2.05) is 30.3 Å². The second-order valence-electron chi connectivity index (χ2n) is 5.34. The highest BCUT2D eigenvalue weighted by atomic mass is 35.5. The fraction of sp³-hybridized carbons (Fsp3) is 0.0556. The van der Waals surface area contributed by atoms with Gasteiger partial charge in [-0.15, -0.1) is 10.2 Å². The number of rotatable bonds is 4. The summed E-state index contributed by atoms with van der Waals surface area (Å²) in [5.74, 6) is 0.504. The molecular weight excluding hydrogens is 374 g/mol. The molecule has 0 saturated heterocycles. The molecule has 8 heteroatoms. The molecule has 130 valence electrons. The molecule has 0 aliphatic carbocycles. The van der Waals surface area contributed by atoms with Gasteiger partial charge < -0.3 is 14.5 Å². The highest BCUT2D eigenvalue weighted by Crippen LogP contribution is 2.32. The van der Waals surface area contributed by atoms with E-state index in [9.17, 15) is 4.79 Å². The van der Waals surface area contributed by atoms with Crippen LogP contribution in [0.3, 0.4) is 0 Å². The number of ether oxygens (including phenoxy) is 1. The maximum atomic E-state index is 12.4. The van der Waals surface area contributed by atoms with Crippen molar-refractivity contribution in [2.45, 2.75) is 0 Å². The molecule has 0 aliphatic heterocycles. The van der Waals surface area contributed by atoms with Gasteiger partial charge in [0.1, 0.15) is 0 Å². The van der Waals surface area contributed by atoms with E-state index in [1.165, 1.54) is 18.4 Å². The number of nitrogens with zero attached hydrogens (tertiary/aromatic N) is 2. The molecule has 0 saturated carbocycles. The minimum Gasteiger partial charge on any atom is -0.493 e. The number of anilines is 2. The summed E-state index contributed by atoms with van der Waals surface area (Å²) in [6, 6.07) is 14.4. The lowest BCUT2D eigenvalue weighted by molar-refractivity contribution is 0.407. The molecule has 0 aliphatic rings. The second-order valence-corrected chi connectivity index (χ2v) is 6.73. The summed E-state index contributed by atoms with van der Waals surface area (Å²) in [5.41, 5.74) is 0.965. The number of hydrogen-bond acceptors (Lipinski definition) is 7. The quantitative estimate of drug-likeness (QED) is 0.512. The van der Waals surface area contributed by atoms with Crippen LogP contribution in [-0.4, -0.2) is 17.3 Å². The molecule has 0 unspecified atom stereocenters. The Labute approximate surface area is 157 Å². The van der Waals surface area contributed by atoms with E-state index in [2.05, 4.69) is 15.5 Å². The van der Waals surface area contributed by atoms with Gasteiger partial charge in [0.15, 0.2) is 16.3 Å². The molecule has 2 aromatic carbocycles. The van der Waals surface area contributed by atoms with Crippen LogP contribution in [-0.2, 0) is 0 Å². The van der Waals surface area contributed by atoms with E-state index < -0.39 is 5.63 Å². The molecule has 0 bridgehead atoms. The molecule has 0 fully saturated rings. The van der Waals surface area contributed by atoms with Gasteiger partial charge in [-0.3, -0.25) is 0 Å². The summed E-state index contributed by atoms with van der Waals surface area (Å²) in [6.07, 6.45) is 0. The van der Waals surface area contributed by atoms with Gasteiger partial charge in [-0.25, -0.2) is 4.79 Å². The number of halogens is 1. The third-order valence-corrected chi connectivity index (χ3v) is 4.92. The van der Waals surface area contributed by atoms with Crippen LogP contribution in [0.2, 0.25) is 5.02 Å². The number of benzene rings is 2. The second kappa shape index (κ2) is 6.78. The third-order valence-electron chi connectivity index (χ3n) is 3.71. The Morgan fingerprint density at radius 1 is 1.15 bits per heavy atom. The summed E-state index contributed by atoms with van der Waals surface area (Å²) < 4.78 is 10.7. The van der Waals surface area contributed by atoms with E-state index >= 15 is 0 Å². The van der Waals surface area contributed by atoms with Crippen molar-refractivity contribution >= 4 is 44.7 Å². The van der Waals surface area contributed by atoms with Gasteiger partial charge in [0, 0.05) is 5.39 Å². The number of para-hydroxylation sites is 2. The van der Waals surface area contributed by atoms with Crippen molar-refractivity contribution in [3.8, 4) is 16.3 Å². The van der Waals surface area contributed by atoms with Gasteiger partial charge in [-0.2, -0.15) is 0 Å². The normalized spacial score (nSPS) is 10.8. The SMILES string of the molecule is COc1cccc2cc(-c3nnc(Nc4ccccc4Cl)s3)c(=O)oc12. The van der Waals surface area contributed by atoms with Gasteiger partial charge in [0.05, 0.1) is 23.4 Å².